The Labute approximate surface area is 102 Å². The summed E-state index contributed by atoms with van der Waals surface area (Å²) in [6, 6.07) is 0. The second-order valence-electron chi connectivity index (χ2n) is 4.49. The molecule has 0 aromatic rings. The van der Waals surface area contributed by atoms with Crippen LogP contribution in [0, 0.1) is 0 Å². The molecule has 0 atom stereocenters. The molecule has 0 saturated heterocycles. The molecule has 0 heterocycles. The van der Waals surface area contributed by atoms with Crippen molar-refractivity contribution >= 4 is 12.2 Å². The van der Waals surface area contributed by atoms with E-state index in [4.69, 9.17) is 9.47 Å². The summed E-state index contributed by atoms with van der Waals surface area (Å²) in [5.41, 5.74) is -0.516. The SMILES string of the molecule is CCCOC(=O)NCCNC(=O)OC(C)(C)C. The Morgan fingerprint density at radius 3 is 2.06 bits per heavy atom. The van der Waals surface area contributed by atoms with E-state index in [0.717, 1.165) is 6.42 Å². The van der Waals surface area contributed by atoms with Gasteiger partial charge in [0, 0.05) is 13.1 Å². The number of ether oxygens (including phenoxy) is 2. The van der Waals surface area contributed by atoms with Crippen molar-refractivity contribution < 1.29 is 19.1 Å². The molecule has 0 bridgehead atoms. The highest BCUT2D eigenvalue weighted by atomic mass is 16.6. The molecule has 0 aliphatic heterocycles. The van der Waals surface area contributed by atoms with Gasteiger partial charge in [-0.1, -0.05) is 6.92 Å². The van der Waals surface area contributed by atoms with Crippen molar-refractivity contribution in [1.82, 2.24) is 10.6 Å². The van der Waals surface area contributed by atoms with Gasteiger partial charge in [0.25, 0.3) is 0 Å². The molecular formula is C11H22N2O4. The third kappa shape index (κ3) is 10.8. The zero-order valence-electron chi connectivity index (χ0n) is 11.0. The van der Waals surface area contributed by atoms with Crippen LogP contribution in [-0.4, -0.2) is 37.5 Å². The summed E-state index contributed by atoms with van der Waals surface area (Å²) in [5.74, 6) is 0. The van der Waals surface area contributed by atoms with Crippen molar-refractivity contribution in [3.05, 3.63) is 0 Å². The van der Waals surface area contributed by atoms with Crippen molar-refractivity contribution in [1.29, 1.82) is 0 Å². The second kappa shape index (κ2) is 7.76. The third-order valence-electron chi connectivity index (χ3n) is 1.50. The van der Waals surface area contributed by atoms with E-state index in [1.54, 1.807) is 20.8 Å². The minimum absolute atomic E-state index is 0.302. The molecule has 0 aliphatic carbocycles. The summed E-state index contributed by atoms with van der Waals surface area (Å²) in [5, 5.41) is 5.02. The fourth-order valence-corrected chi connectivity index (χ4v) is 0.889. The van der Waals surface area contributed by atoms with Crippen molar-refractivity contribution in [3.8, 4) is 0 Å². The lowest BCUT2D eigenvalue weighted by Gasteiger charge is -2.19. The number of hydrogen-bond acceptors (Lipinski definition) is 4. The van der Waals surface area contributed by atoms with E-state index in [2.05, 4.69) is 10.6 Å². The van der Waals surface area contributed by atoms with Gasteiger partial charge in [0.1, 0.15) is 5.60 Å². The number of carbonyl (C=O) groups is 2. The lowest BCUT2D eigenvalue weighted by Crippen LogP contribution is -2.38. The van der Waals surface area contributed by atoms with Crippen LogP contribution in [0.3, 0.4) is 0 Å². The Hall–Kier alpha value is -1.46. The predicted octanol–water partition coefficient (Wildman–Crippen LogP) is 1.65. The molecule has 0 rings (SSSR count). The van der Waals surface area contributed by atoms with Crippen molar-refractivity contribution in [2.45, 2.75) is 39.7 Å². The van der Waals surface area contributed by atoms with Crippen molar-refractivity contribution in [2.75, 3.05) is 19.7 Å². The number of carbonyl (C=O) groups excluding carboxylic acids is 2. The number of alkyl carbamates (subject to hydrolysis) is 2. The van der Waals surface area contributed by atoms with Gasteiger partial charge in [-0.05, 0) is 27.2 Å². The van der Waals surface area contributed by atoms with Crippen LogP contribution in [-0.2, 0) is 9.47 Å². The lowest BCUT2D eigenvalue weighted by molar-refractivity contribution is 0.0527. The van der Waals surface area contributed by atoms with Crippen molar-refractivity contribution in [3.63, 3.8) is 0 Å². The molecule has 17 heavy (non-hydrogen) atoms. The van der Waals surface area contributed by atoms with Crippen LogP contribution in [0.15, 0.2) is 0 Å². The van der Waals surface area contributed by atoms with Gasteiger partial charge in [-0.2, -0.15) is 0 Å². The van der Waals surface area contributed by atoms with Crippen LogP contribution in [0.1, 0.15) is 34.1 Å². The fraction of sp³-hybridized carbons (Fsp3) is 0.818. The van der Waals surface area contributed by atoms with Crippen LogP contribution in [0.4, 0.5) is 9.59 Å². The van der Waals surface area contributed by atoms with E-state index in [1.807, 2.05) is 6.92 Å². The fourth-order valence-electron chi connectivity index (χ4n) is 0.889. The Bertz CT molecular complexity index is 248. The van der Waals surface area contributed by atoms with Crippen LogP contribution < -0.4 is 10.6 Å². The van der Waals surface area contributed by atoms with Crippen LogP contribution >= 0.6 is 0 Å². The molecule has 0 saturated carbocycles. The highest BCUT2D eigenvalue weighted by Crippen LogP contribution is 2.05. The standard InChI is InChI=1S/C11H22N2O4/c1-5-8-16-9(14)12-6-7-13-10(15)17-11(2,3)4/h5-8H2,1-4H3,(H,12,14)(H,13,15). The number of hydrogen-bond donors (Lipinski definition) is 2. The number of amides is 2. The van der Waals surface area contributed by atoms with E-state index in [1.165, 1.54) is 0 Å². The van der Waals surface area contributed by atoms with E-state index < -0.39 is 17.8 Å². The number of nitrogens with one attached hydrogen (secondary N) is 2. The average Bonchev–Trinajstić information content (AvgIpc) is 2.19. The smallest absolute Gasteiger partial charge is 0.407 e. The minimum atomic E-state index is -0.516. The van der Waals surface area contributed by atoms with Gasteiger partial charge in [-0.3, -0.25) is 0 Å². The summed E-state index contributed by atoms with van der Waals surface area (Å²) in [6.45, 7) is 8.27. The van der Waals surface area contributed by atoms with Crippen LogP contribution in [0.25, 0.3) is 0 Å². The zero-order valence-corrected chi connectivity index (χ0v) is 11.0. The van der Waals surface area contributed by atoms with E-state index in [9.17, 15) is 9.59 Å². The van der Waals surface area contributed by atoms with Crippen LogP contribution in [0.2, 0.25) is 0 Å². The van der Waals surface area contributed by atoms with Gasteiger partial charge in [-0.15, -0.1) is 0 Å². The first-order chi connectivity index (χ1) is 7.85. The first-order valence-electron chi connectivity index (χ1n) is 5.72. The van der Waals surface area contributed by atoms with Gasteiger partial charge in [0.2, 0.25) is 0 Å². The maximum atomic E-state index is 11.2. The largest absolute Gasteiger partial charge is 0.450 e. The van der Waals surface area contributed by atoms with Crippen LogP contribution in [0.5, 0.6) is 0 Å². The molecule has 0 unspecified atom stereocenters. The minimum Gasteiger partial charge on any atom is -0.450 e. The van der Waals surface area contributed by atoms with E-state index in [-0.39, 0.29) is 0 Å². The molecule has 6 heteroatoms. The van der Waals surface area contributed by atoms with E-state index in [0.29, 0.717) is 19.7 Å². The molecular weight excluding hydrogens is 224 g/mol. The van der Waals surface area contributed by atoms with Gasteiger partial charge in [0.15, 0.2) is 0 Å². The Balaban J connectivity index is 3.51. The summed E-state index contributed by atoms with van der Waals surface area (Å²) < 4.78 is 9.80. The quantitative estimate of drug-likeness (QED) is 0.723. The predicted molar refractivity (Wildman–Crippen MR) is 63.9 cm³/mol. The normalized spacial score (nSPS) is 10.6. The van der Waals surface area contributed by atoms with Gasteiger partial charge >= 0.3 is 12.2 Å². The topological polar surface area (TPSA) is 76.7 Å². The summed E-state index contributed by atoms with van der Waals surface area (Å²) in [7, 11) is 0. The Kier molecular flexibility index (Phi) is 7.09. The molecule has 0 aromatic heterocycles. The lowest BCUT2D eigenvalue weighted by atomic mass is 10.2. The van der Waals surface area contributed by atoms with Gasteiger partial charge in [-0.25, -0.2) is 9.59 Å². The molecule has 0 fully saturated rings. The summed E-state index contributed by atoms with van der Waals surface area (Å²) in [6.07, 6.45) is -0.192. The van der Waals surface area contributed by atoms with E-state index >= 15 is 0 Å². The van der Waals surface area contributed by atoms with Gasteiger partial charge < -0.3 is 20.1 Å². The molecule has 2 amide bonds. The molecule has 100 valence electrons. The third-order valence-corrected chi connectivity index (χ3v) is 1.50. The molecule has 2 N–H and O–H groups in total. The van der Waals surface area contributed by atoms with Crippen molar-refractivity contribution in [2.24, 2.45) is 0 Å². The summed E-state index contributed by atoms with van der Waals surface area (Å²) >= 11 is 0. The highest BCUT2D eigenvalue weighted by Gasteiger charge is 2.15. The molecule has 0 radical (unpaired) electrons. The second-order valence-corrected chi connectivity index (χ2v) is 4.49. The summed E-state index contributed by atoms with van der Waals surface area (Å²) in [4.78, 5) is 22.2. The zero-order chi connectivity index (χ0) is 13.3. The molecule has 0 aliphatic rings. The van der Waals surface area contributed by atoms with Gasteiger partial charge in [0.05, 0.1) is 6.61 Å². The number of rotatable bonds is 5. The maximum absolute atomic E-state index is 11.2. The monoisotopic (exact) mass is 246 g/mol. The first kappa shape index (κ1) is 15.5. The molecule has 0 aromatic carbocycles. The maximum Gasteiger partial charge on any atom is 0.407 e. The molecule has 0 spiro atoms. The molecule has 6 nitrogen and oxygen atoms in total. The first-order valence-corrected chi connectivity index (χ1v) is 5.72. The average molecular weight is 246 g/mol. The highest BCUT2D eigenvalue weighted by molar-refractivity contribution is 5.68. The Morgan fingerprint density at radius 2 is 1.59 bits per heavy atom. The Morgan fingerprint density at radius 1 is 1.06 bits per heavy atom.